The number of nitrogens with zero attached hydrogens (tertiary/aromatic N) is 3. The van der Waals surface area contributed by atoms with Crippen molar-refractivity contribution in [3.63, 3.8) is 0 Å². The Morgan fingerprint density at radius 3 is 2.58 bits per heavy atom. The van der Waals surface area contributed by atoms with Gasteiger partial charge in [0, 0.05) is 38.8 Å². The molecular formula is C15H27N3O. The molecule has 3 fully saturated rings. The Morgan fingerprint density at radius 2 is 1.74 bits per heavy atom. The van der Waals surface area contributed by atoms with Crippen molar-refractivity contribution in [2.75, 3.05) is 39.3 Å². The number of hydrogen-bond acceptors (Lipinski definition) is 2. The van der Waals surface area contributed by atoms with Gasteiger partial charge in [-0.25, -0.2) is 4.79 Å². The number of hydrogen-bond donors (Lipinski definition) is 0. The molecule has 2 unspecified atom stereocenters. The lowest BCUT2D eigenvalue weighted by Crippen LogP contribution is -2.59. The molecule has 0 radical (unpaired) electrons. The van der Waals surface area contributed by atoms with Crippen molar-refractivity contribution in [2.24, 2.45) is 5.92 Å². The molecule has 0 aromatic carbocycles. The van der Waals surface area contributed by atoms with Crippen LogP contribution in [0.25, 0.3) is 0 Å². The van der Waals surface area contributed by atoms with E-state index in [9.17, 15) is 4.79 Å². The smallest absolute Gasteiger partial charge is 0.320 e. The maximum atomic E-state index is 12.6. The lowest BCUT2D eigenvalue weighted by atomic mass is 9.99. The van der Waals surface area contributed by atoms with E-state index in [1.807, 2.05) is 0 Å². The van der Waals surface area contributed by atoms with E-state index in [0.29, 0.717) is 18.0 Å². The lowest BCUT2D eigenvalue weighted by molar-refractivity contribution is 0.0492. The van der Waals surface area contributed by atoms with Crippen molar-refractivity contribution < 1.29 is 4.79 Å². The SMILES string of the molecule is CC1CCCN(C(=O)N2CCN3CCCCC3C2)C1. The zero-order chi connectivity index (χ0) is 13.2. The predicted octanol–water partition coefficient (Wildman–Crippen LogP) is 2.01. The van der Waals surface area contributed by atoms with Crippen LogP contribution in [0.1, 0.15) is 39.0 Å². The Bertz CT molecular complexity index is 333. The molecule has 0 spiro atoms. The van der Waals surface area contributed by atoms with Gasteiger partial charge in [-0.2, -0.15) is 0 Å². The number of carbonyl (C=O) groups is 1. The first-order valence-electron chi connectivity index (χ1n) is 8.02. The van der Waals surface area contributed by atoms with Gasteiger partial charge < -0.3 is 9.80 Å². The molecule has 3 heterocycles. The molecule has 2 amide bonds. The van der Waals surface area contributed by atoms with Crippen LogP contribution >= 0.6 is 0 Å². The summed E-state index contributed by atoms with van der Waals surface area (Å²) in [4.78, 5) is 19.4. The quantitative estimate of drug-likeness (QED) is 0.670. The standard InChI is InChI=1S/C15H27N3O/c1-13-5-4-8-17(11-13)15(19)18-10-9-16-7-3-2-6-14(16)12-18/h13-14H,2-12H2,1H3. The molecule has 0 aromatic heterocycles. The Morgan fingerprint density at radius 1 is 0.895 bits per heavy atom. The molecule has 4 nitrogen and oxygen atoms in total. The summed E-state index contributed by atoms with van der Waals surface area (Å²) in [5.41, 5.74) is 0. The first-order chi connectivity index (χ1) is 9.24. The second-order valence-corrected chi connectivity index (χ2v) is 6.61. The van der Waals surface area contributed by atoms with Gasteiger partial charge in [0.05, 0.1) is 0 Å². The summed E-state index contributed by atoms with van der Waals surface area (Å²) in [5.74, 6) is 0.675. The summed E-state index contributed by atoms with van der Waals surface area (Å²) in [7, 11) is 0. The van der Waals surface area contributed by atoms with Gasteiger partial charge in [0.1, 0.15) is 0 Å². The van der Waals surface area contributed by atoms with Crippen LogP contribution in [0.5, 0.6) is 0 Å². The van der Waals surface area contributed by atoms with Crippen LogP contribution in [-0.4, -0.2) is 66.0 Å². The molecule has 3 saturated heterocycles. The van der Waals surface area contributed by atoms with Crippen molar-refractivity contribution in [1.29, 1.82) is 0 Å². The van der Waals surface area contributed by atoms with Crippen LogP contribution in [0.2, 0.25) is 0 Å². The fourth-order valence-electron chi connectivity index (χ4n) is 3.89. The number of carbonyl (C=O) groups excluding carboxylic acids is 1. The van der Waals surface area contributed by atoms with E-state index in [1.165, 1.54) is 38.6 Å². The molecule has 0 bridgehead atoms. The highest BCUT2D eigenvalue weighted by atomic mass is 16.2. The van der Waals surface area contributed by atoms with E-state index in [0.717, 1.165) is 32.7 Å². The molecule has 0 aromatic rings. The minimum Gasteiger partial charge on any atom is -0.324 e. The Balaban J connectivity index is 1.58. The summed E-state index contributed by atoms with van der Waals surface area (Å²) in [6.45, 7) is 8.41. The van der Waals surface area contributed by atoms with E-state index < -0.39 is 0 Å². The zero-order valence-electron chi connectivity index (χ0n) is 12.2. The van der Waals surface area contributed by atoms with Crippen molar-refractivity contribution in [2.45, 2.75) is 45.1 Å². The second-order valence-electron chi connectivity index (χ2n) is 6.61. The van der Waals surface area contributed by atoms with Gasteiger partial charge in [-0.1, -0.05) is 13.3 Å². The van der Waals surface area contributed by atoms with Crippen molar-refractivity contribution in [3.8, 4) is 0 Å². The number of piperidine rings is 2. The van der Waals surface area contributed by atoms with Crippen LogP contribution < -0.4 is 0 Å². The van der Waals surface area contributed by atoms with Crippen molar-refractivity contribution in [3.05, 3.63) is 0 Å². The van der Waals surface area contributed by atoms with Gasteiger partial charge >= 0.3 is 6.03 Å². The Kier molecular flexibility index (Phi) is 3.96. The van der Waals surface area contributed by atoms with E-state index in [4.69, 9.17) is 0 Å². The van der Waals surface area contributed by atoms with Gasteiger partial charge in [0.2, 0.25) is 0 Å². The largest absolute Gasteiger partial charge is 0.324 e. The minimum atomic E-state index is 0.303. The number of rotatable bonds is 0. The monoisotopic (exact) mass is 265 g/mol. The van der Waals surface area contributed by atoms with Crippen LogP contribution in [0, 0.1) is 5.92 Å². The highest BCUT2D eigenvalue weighted by Gasteiger charge is 2.33. The van der Waals surface area contributed by atoms with Crippen LogP contribution in [0.15, 0.2) is 0 Å². The highest BCUT2D eigenvalue weighted by molar-refractivity contribution is 5.74. The molecular weight excluding hydrogens is 238 g/mol. The van der Waals surface area contributed by atoms with E-state index >= 15 is 0 Å². The van der Waals surface area contributed by atoms with Crippen LogP contribution in [-0.2, 0) is 0 Å². The maximum Gasteiger partial charge on any atom is 0.320 e. The van der Waals surface area contributed by atoms with Crippen molar-refractivity contribution >= 4 is 6.03 Å². The average Bonchev–Trinajstić information content (AvgIpc) is 2.46. The fourth-order valence-corrected chi connectivity index (χ4v) is 3.89. The summed E-state index contributed by atoms with van der Waals surface area (Å²) in [6, 6.07) is 0.936. The molecule has 3 aliphatic heterocycles. The second kappa shape index (κ2) is 5.70. The van der Waals surface area contributed by atoms with E-state index in [-0.39, 0.29) is 0 Å². The summed E-state index contributed by atoms with van der Waals surface area (Å²) < 4.78 is 0. The fraction of sp³-hybridized carbons (Fsp3) is 0.933. The van der Waals surface area contributed by atoms with Crippen LogP contribution in [0.3, 0.4) is 0 Å². The summed E-state index contributed by atoms with van der Waals surface area (Å²) >= 11 is 0. The number of likely N-dealkylation sites (tertiary alicyclic amines) is 1. The molecule has 4 heteroatoms. The third-order valence-corrected chi connectivity index (χ3v) is 5.04. The highest BCUT2D eigenvalue weighted by Crippen LogP contribution is 2.23. The van der Waals surface area contributed by atoms with Crippen molar-refractivity contribution in [1.82, 2.24) is 14.7 Å². The number of piperazine rings is 1. The first kappa shape index (κ1) is 13.2. The number of urea groups is 1. The third kappa shape index (κ3) is 2.88. The maximum absolute atomic E-state index is 12.6. The summed E-state index contributed by atoms with van der Waals surface area (Å²) in [6.07, 6.45) is 6.41. The lowest BCUT2D eigenvalue weighted by Gasteiger charge is -2.45. The van der Waals surface area contributed by atoms with E-state index in [1.54, 1.807) is 0 Å². The molecule has 19 heavy (non-hydrogen) atoms. The Hall–Kier alpha value is -0.770. The molecule has 0 N–H and O–H groups in total. The third-order valence-electron chi connectivity index (χ3n) is 5.04. The Labute approximate surface area is 116 Å². The molecule has 2 atom stereocenters. The van der Waals surface area contributed by atoms with Crippen LogP contribution in [0.4, 0.5) is 4.79 Å². The first-order valence-corrected chi connectivity index (χ1v) is 8.02. The molecule has 0 aliphatic carbocycles. The number of fused-ring (bicyclic) bond motifs is 1. The molecule has 108 valence electrons. The molecule has 3 rings (SSSR count). The topological polar surface area (TPSA) is 26.8 Å². The van der Waals surface area contributed by atoms with E-state index in [2.05, 4.69) is 21.6 Å². The molecule has 3 aliphatic rings. The average molecular weight is 265 g/mol. The normalized spacial score (nSPS) is 33.1. The predicted molar refractivity (Wildman–Crippen MR) is 76.2 cm³/mol. The summed E-state index contributed by atoms with van der Waals surface area (Å²) in [5, 5.41) is 0. The van der Waals surface area contributed by atoms with Gasteiger partial charge in [0.15, 0.2) is 0 Å². The number of amides is 2. The minimum absolute atomic E-state index is 0.303. The van der Waals surface area contributed by atoms with Gasteiger partial charge in [-0.05, 0) is 38.1 Å². The zero-order valence-corrected chi connectivity index (χ0v) is 12.2. The van der Waals surface area contributed by atoms with Gasteiger partial charge in [0.25, 0.3) is 0 Å². The molecule has 0 saturated carbocycles. The van der Waals surface area contributed by atoms with Gasteiger partial charge in [-0.3, -0.25) is 4.90 Å². The van der Waals surface area contributed by atoms with Gasteiger partial charge in [-0.15, -0.1) is 0 Å².